The van der Waals surface area contributed by atoms with E-state index in [0.29, 0.717) is 5.56 Å². The third-order valence-corrected chi connectivity index (χ3v) is 2.13. The van der Waals surface area contributed by atoms with E-state index in [9.17, 15) is 9.59 Å². The number of rotatable bonds is 4. The van der Waals surface area contributed by atoms with Crippen LogP contribution in [-0.4, -0.2) is 22.9 Å². The quantitative estimate of drug-likeness (QED) is 0.660. The lowest BCUT2D eigenvalue weighted by Crippen LogP contribution is -2.32. The van der Waals surface area contributed by atoms with E-state index in [2.05, 4.69) is 0 Å². The van der Waals surface area contributed by atoms with Crippen molar-refractivity contribution in [1.82, 2.24) is 6.15 Å². The summed E-state index contributed by atoms with van der Waals surface area (Å²) in [7, 11) is 0. The number of hydrogen-bond donors (Lipinski definition) is 3. The highest BCUT2D eigenvalue weighted by Crippen LogP contribution is 2.07. The fraction of sp³-hybridized carbons (Fsp3) is 0.273. The molecular weight excluding hydrogens is 208 g/mol. The molecule has 5 heteroatoms. The molecule has 0 amide bonds. The van der Waals surface area contributed by atoms with Crippen LogP contribution in [0.15, 0.2) is 24.3 Å². The van der Waals surface area contributed by atoms with Gasteiger partial charge in [0.25, 0.3) is 0 Å². The molecule has 0 aliphatic heterocycles. The minimum Gasteiger partial charge on any atom is -0.480 e. The van der Waals surface area contributed by atoms with Crippen LogP contribution in [-0.2, 0) is 11.2 Å². The minimum absolute atomic E-state index is 0. The molecule has 0 aliphatic rings. The van der Waals surface area contributed by atoms with Gasteiger partial charge in [-0.15, -0.1) is 0 Å². The van der Waals surface area contributed by atoms with E-state index in [1.165, 1.54) is 6.92 Å². The first-order valence-electron chi connectivity index (χ1n) is 4.59. The van der Waals surface area contributed by atoms with Crippen molar-refractivity contribution in [3.8, 4) is 0 Å². The topological polar surface area (TPSA) is 115 Å². The van der Waals surface area contributed by atoms with E-state index in [-0.39, 0.29) is 18.4 Å². The van der Waals surface area contributed by atoms with Gasteiger partial charge in [-0.25, -0.2) is 0 Å². The molecule has 0 saturated heterocycles. The van der Waals surface area contributed by atoms with Gasteiger partial charge in [-0.2, -0.15) is 0 Å². The van der Waals surface area contributed by atoms with E-state index in [1.54, 1.807) is 24.3 Å². The van der Waals surface area contributed by atoms with Crippen LogP contribution < -0.4 is 11.9 Å². The van der Waals surface area contributed by atoms with E-state index in [0.717, 1.165) is 5.56 Å². The maximum absolute atomic E-state index is 11.0. The molecule has 5 nitrogen and oxygen atoms in total. The highest BCUT2D eigenvalue weighted by Gasteiger charge is 2.11. The molecule has 0 radical (unpaired) electrons. The zero-order valence-electron chi connectivity index (χ0n) is 9.14. The lowest BCUT2D eigenvalue weighted by atomic mass is 10.0. The van der Waals surface area contributed by atoms with Crippen molar-refractivity contribution in [3.05, 3.63) is 35.4 Å². The van der Waals surface area contributed by atoms with Crippen molar-refractivity contribution in [2.24, 2.45) is 5.73 Å². The predicted molar refractivity (Wildman–Crippen MR) is 60.8 cm³/mol. The number of Topliss-reactive ketones (excluding diaryl/α,β-unsaturated/α-hetero) is 1. The number of carbonyl (C=O) groups is 2. The second-order valence-corrected chi connectivity index (χ2v) is 3.40. The monoisotopic (exact) mass is 224 g/mol. The molecule has 1 atom stereocenters. The maximum atomic E-state index is 11.0. The second kappa shape index (κ2) is 5.99. The number of benzene rings is 1. The molecule has 88 valence electrons. The first-order chi connectivity index (χ1) is 7.00. The summed E-state index contributed by atoms with van der Waals surface area (Å²) in [6, 6.07) is 5.89. The molecule has 0 unspecified atom stereocenters. The third-order valence-electron chi connectivity index (χ3n) is 2.13. The molecule has 0 saturated carbocycles. The summed E-state index contributed by atoms with van der Waals surface area (Å²) in [6.45, 7) is 1.48. The Kier molecular flexibility index (Phi) is 5.35. The Balaban J connectivity index is 0.00000225. The van der Waals surface area contributed by atoms with Crippen LogP contribution in [0, 0.1) is 0 Å². The number of carboxylic acids is 1. The molecule has 0 fully saturated rings. The molecule has 16 heavy (non-hydrogen) atoms. The summed E-state index contributed by atoms with van der Waals surface area (Å²) in [5.74, 6) is -1.03. The Morgan fingerprint density at radius 1 is 1.31 bits per heavy atom. The number of ketones is 1. The van der Waals surface area contributed by atoms with Crippen molar-refractivity contribution in [3.63, 3.8) is 0 Å². The van der Waals surface area contributed by atoms with Crippen molar-refractivity contribution in [2.45, 2.75) is 19.4 Å². The summed E-state index contributed by atoms with van der Waals surface area (Å²) in [6.07, 6.45) is 0.271. The number of carbonyl (C=O) groups excluding carboxylic acids is 1. The van der Waals surface area contributed by atoms with E-state index in [1.807, 2.05) is 0 Å². The molecule has 1 aromatic rings. The van der Waals surface area contributed by atoms with Crippen LogP contribution in [0.4, 0.5) is 0 Å². The van der Waals surface area contributed by atoms with Crippen molar-refractivity contribution >= 4 is 11.8 Å². The Morgan fingerprint density at radius 2 is 1.81 bits per heavy atom. The zero-order chi connectivity index (χ0) is 11.4. The Hall–Kier alpha value is -1.72. The first kappa shape index (κ1) is 14.3. The summed E-state index contributed by atoms with van der Waals surface area (Å²) in [4.78, 5) is 21.5. The summed E-state index contributed by atoms with van der Waals surface area (Å²) < 4.78 is 0. The average molecular weight is 224 g/mol. The minimum atomic E-state index is -1.02. The van der Waals surface area contributed by atoms with Gasteiger partial charge in [0.05, 0.1) is 0 Å². The SMILES string of the molecule is CC(=O)c1ccc(C[C@H](N)C(=O)O)cc1.N. The van der Waals surface area contributed by atoms with Gasteiger partial charge < -0.3 is 17.0 Å². The van der Waals surface area contributed by atoms with Gasteiger partial charge in [0.2, 0.25) is 0 Å². The molecule has 0 aliphatic carbocycles. The van der Waals surface area contributed by atoms with Crippen molar-refractivity contribution in [2.75, 3.05) is 0 Å². The van der Waals surface area contributed by atoms with Crippen LogP contribution in [0.3, 0.4) is 0 Å². The van der Waals surface area contributed by atoms with Crippen LogP contribution in [0.25, 0.3) is 0 Å². The second-order valence-electron chi connectivity index (χ2n) is 3.40. The Labute approximate surface area is 93.8 Å². The molecule has 0 bridgehead atoms. The van der Waals surface area contributed by atoms with E-state index >= 15 is 0 Å². The third kappa shape index (κ3) is 3.80. The molecule has 6 N–H and O–H groups in total. The Bertz CT molecular complexity index is 373. The van der Waals surface area contributed by atoms with Crippen LogP contribution >= 0.6 is 0 Å². The van der Waals surface area contributed by atoms with Gasteiger partial charge in [0.1, 0.15) is 6.04 Å². The van der Waals surface area contributed by atoms with Crippen molar-refractivity contribution in [1.29, 1.82) is 0 Å². The van der Waals surface area contributed by atoms with Crippen LogP contribution in [0.1, 0.15) is 22.8 Å². The zero-order valence-corrected chi connectivity index (χ0v) is 9.14. The van der Waals surface area contributed by atoms with E-state index in [4.69, 9.17) is 10.8 Å². The number of carboxylic acid groups (broad SMARTS) is 1. The van der Waals surface area contributed by atoms with Crippen LogP contribution in [0.2, 0.25) is 0 Å². The fourth-order valence-electron chi connectivity index (χ4n) is 1.22. The van der Waals surface area contributed by atoms with Gasteiger partial charge in [0.15, 0.2) is 5.78 Å². The predicted octanol–water partition coefficient (Wildman–Crippen LogP) is 1.01. The largest absolute Gasteiger partial charge is 0.480 e. The molecular formula is C11H16N2O3. The number of aliphatic carboxylic acids is 1. The molecule has 0 spiro atoms. The highest BCUT2D eigenvalue weighted by molar-refractivity contribution is 5.94. The molecule has 0 aromatic heterocycles. The van der Waals surface area contributed by atoms with Gasteiger partial charge in [-0.1, -0.05) is 24.3 Å². The lowest BCUT2D eigenvalue weighted by molar-refractivity contribution is -0.138. The first-order valence-corrected chi connectivity index (χ1v) is 4.59. The van der Waals surface area contributed by atoms with Gasteiger partial charge in [-0.05, 0) is 18.9 Å². The van der Waals surface area contributed by atoms with E-state index < -0.39 is 12.0 Å². The lowest BCUT2D eigenvalue weighted by Gasteiger charge is -2.06. The van der Waals surface area contributed by atoms with Crippen molar-refractivity contribution < 1.29 is 14.7 Å². The maximum Gasteiger partial charge on any atom is 0.320 e. The van der Waals surface area contributed by atoms with Crippen LogP contribution in [0.5, 0.6) is 0 Å². The molecule has 0 heterocycles. The molecule has 1 rings (SSSR count). The normalized spacial score (nSPS) is 11.4. The summed E-state index contributed by atoms with van der Waals surface area (Å²) in [5, 5.41) is 8.61. The number of nitrogens with two attached hydrogens (primary N) is 1. The standard InChI is InChI=1S/C11H13NO3.H3N/c1-7(13)9-4-2-8(3-5-9)6-10(12)11(14)15;/h2-5,10H,6,12H2,1H3,(H,14,15);1H3/t10-;/m0./s1. The highest BCUT2D eigenvalue weighted by atomic mass is 16.4. The fourth-order valence-corrected chi connectivity index (χ4v) is 1.22. The van der Waals surface area contributed by atoms with Gasteiger partial charge >= 0.3 is 5.97 Å². The van der Waals surface area contributed by atoms with Gasteiger partial charge in [0, 0.05) is 5.56 Å². The van der Waals surface area contributed by atoms with Gasteiger partial charge in [-0.3, -0.25) is 9.59 Å². The summed E-state index contributed by atoms with van der Waals surface area (Å²) >= 11 is 0. The Morgan fingerprint density at radius 3 is 2.19 bits per heavy atom. The number of hydrogen-bond acceptors (Lipinski definition) is 4. The molecule has 1 aromatic carbocycles. The average Bonchev–Trinajstić information content (AvgIpc) is 2.18. The summed E-state index contributed by atoms with van der Waals surface area (Å²) in [5.41, 5.74) is 6.81. The smallest absolute Gasteiger partial charge is 0.320 e.